The Labute approximate surface area is 117 Å². The van der Waals surface area contributed by atoms with Gasteiger partial charge in [-0.05, 0) is 19.8 Å². The van der Waals surface area contributed by atoms with E-state index in [2.05, 4.69) is 5.32 Å². The molecule has 1 aliphatic heterocycles. The predicted molar refractivity (Wildman–Crippen MR) is 76.2 cm³/mol. The van der Waals surface area contributed by atoms with Gasteiger partial charge in [0.1, 0.15) is 12.1 Å². The third-order valence-electron chi connectivity index (χ3n) is 3.42. The molecular weight excluding hydrogens is 264 g/mol. The standard InChI is InChI=1S/C13H24N2O3S/c1-5-7-10-13(17)15(9(3)8-19(4)18)11(6-2)12(16)14-10/h9-11H,5-8H2,1-4H3,(H,14,16). The molecule has 0 aromatic heterocycles. The molecule has 0 saturated carbocycles. The molecule has 1 aliphatic rings. The van der Waals surface area contributed by atoms with Crippen LogP contribution in [0, 0.1) is 0 Å². The number of nitrogens with zero attached hydrogens (tertiary/aromatic N) is 1. The molecule has 19 heavy (non-hydrogen) atoms. The maximum absolute atomic E-state index is 12.5. The van der Waals surface area contributed by atoms with Crippen LogP contribution in [-0.2, 0) is 20.4 Å². The summed E-state index contributed by atoms with van der Waals surface area (Å²) in [5.41, 5.74) is 0. The van der Waals surface area contributed by atoms with Gasteiger partial charge >= 0.3 is 0 Å². The lowest BCUT2D eigenvalue weighted by Gasteiger charge is -2.42. The van der Waals surface area contributed by atoms with E-state index < -0.39 is 22.9 Å². The first-order chi connectivity index (χ1) is 8.92. The van der Waals surface area contributed by atoms with Crippen LogP contribution in [0.3, 0.4) is 0 Å². The van der Waals surface area contributed by atoms with Gasteiger partial charge in [-0.15, -0.1) is 0 Å². The molecular formula is C13H24N2O3S. The predicted octanol–water partition coefficient (Wildman–Crippen LogP) is 0.659. The molecule has 1 saturated heterocycles. The molecule has 1 N–H and O–H groups in total. The molecule has 6 heteroatoms. The van der Waals surface area contributed by atoms with E-state index in [9.17, 15) is 13.8 Å². The van der Waals surface area contributed by atoms with Crippen molar-refractivity contribution >= 4 is 22.6 Å². The molecule has 0 aliphatic carbocycles. The van der Waals surface area contributed by atoms with Crippen LogP contribution in [-0.4, -0.2) is 51.1 Å². The number of carbonyl (C=O) groups is 2. The van der Waals surface area contributed by atoms with E-state index >= 15 is 0 Å². The summed E-state index contributed by atoms with van der Waals surface area (Å²) in [5.74, 6) is 0.287. The van der Waals surface area contributed by atoms with Crippen LogP contribution in [0.1, 0.15) is 40.0 Å². The molecule has 1 heterocycles. The second-order valence-corrected chi connectivity index (χ2v) is 6.59. The molecule has 1 fully saturated rings. The smallest absolute Gasteiger partial charge is 0.246 e. The summed E-state index contributed by atoms with van der Waals surface area (Å²) < 4.78 is 11.4. The van der Waals surface area contributed by atoms with Gasteiger partial charge in [-0.25, -0.2) is 0 Å². The fraction of sp³-hybridized carbons (Fsp3) is 0.846. The minimum atomic E-state index is -0.981. The Morgan fingerprint density at radius 1 is 1.37 bits per heavy atom. The maximum atomic E-state index is 12.5. The van der Waals surface area contributed by atoms with Crippen LogP contribution in [0.5, 0.6) is 0 Å². The van der Waals surface area contributed by atoms with Crippen molar-refractivity contribution in [2.45, 2.75) is 58.2 Å². The summed E-state index contributed by atoms with van der Waals surface area (Å²) >= 11 is 0. The van der Waals surface area contributed by atoms with E-state index in [4.69, 9.17) is 0 Å². The van der Waals surface area contributed by atoms with E-state index in [0.29, 0.717) is 18.6 Å². The fourth-order valence-electron chi connectivity index (χ4n) is 2.60. The number of piperazine rings is 1. The van der Waals surface area contributed by atoms with Crippen LogP contribution in [0.4, 0.5) is 0 Å². The van der Waals surface area contributed by atoms with Gasteiger partial charge in [0.25, 0.3) is 0 Å². The van der Waals surface area contributed by atoms with Gasteiger partial charge in [-0.1, -0.05) is 20.3 Å². The highest BCUT2D eigenvalue weighted by Crippen LogP contribution is 2.19. The average Bonchev–Trinajstić information content (AvgIpc) is 2.32. The summed E-state index contributed by atoms with van der Waals surface area (Å²) in [5, 5.41) is 2.80. The van der Waals surface area contributed by atoms with Crippen LogP contribution < -0.4 is 5.32 Å². The normalized spacial score (nSPS) is 27.1. The largest absolute Gasteiger partial charge is 0.343 e. The van der Waals surface area contributed by atoms with Gasteiger partial charge < -0.3 is 10.2 Å². The van der Waals surface area contributed by atoms with Crippen molar-refractivity contribution in [3.63, 3.8) is 0 Å². The summed E-state index contributed by atoms with van der Waals surface area (Å²) in [6, 6.07) is -1.03. The van der Waals surface area contributed by atoms with Gasteiger partial charge in [0.15, 0.2) is 0 Å². The third-order valence-corrected chi connectivity index (χ3v) is 4.37. The minimum Gasteiger partial charge on any atom is -0.343 e. The van der Waals surface area contributed by atoms with Gasteiger partial charge in [-0.3, -0.25) is 13.8 Å². The van der Waals surface area contributed by atoms with Gasteiger partial charge in [0.2, 0.25) is 11.8 Å². The van der Waals surface area contributed by atoms with Crippen LogP contribution >= 0.6 is 0 Å². The summed E-state index contributed by atoms with van der Waals surface area (Å²) in [7, 11) is -0.981. The Morgan fingerprint density at radius 2 is 2.00 bits per heavy atom. The molecule has 0 radical (unpaired) electrons. The van der Waals surface area contributed by atoms with Crippen molar-refractivity contribution in [2.75, 3.05) is 12.0 Å². The quantitative estimate of drug-likeness (QED) is 0.781. The first-order valence-corrected chi connectivity index (χ1v) is 8.57. The lowest BCUT2D eigenvalue weighted by atomic mass is 10.0. The first-order valence-electron chi connectivity index (χ1n) is 6.84. The van der Waals surface area contributed by atoms with Gasteiger partial charge in [-0.2, -0.15) is 0 Å². The van der Waals surface area contributed by atoms with E-state index in [-0.39, 0.29) is 17.9 Å². The van der Waals surface area contributed by atoms with Crippen LogP contribution in [0.2, 0.25) is 0 Å². The zero-order valence-electron chi connectivity index (χ0n) is 12.1. The van der Waals surface area contributed by atoms with Crippen molar-refractivity contribution in [1.29, 1.82) is 0 Å². The summed E-state index contributed by atoms with van der Waals surface area (Å²) in [6.45, 7) is 5.74. The van der Waals surface area contributed by atoms with Crippen molar-refractivity contribution < 1.29 is 13.8 Å². The van der Waals surface area contributed by atoms with Crippen molar-refractivity contribution in [3.8, 4) is 0 Å². The number of nitrogens with one attached hydrogen (secondary N) is 1. The van der Waals surface area contributed by atoms with E-state index in [0.717, 1.165) is 6.42 Å². The van der Waals surface area contributed by atoms with Crippen LogP contribution in [0.15, 0.2) is 0 Å². The second kappa shape index (κ2) is 7.03. The number of hydrogen-bond acceptors (Lipinski definition) is 3. The fourth-order valence-corrected chi connectivity index (χ4v) is 3.44. The van der Waals surface area contributed by atoms with E-state index in [1.165, 1.54) is 0 Å². The van der Waals surface area contributed by atoms with Crippen LogP contribution in [0.25, 0.3) is 0 Å². The first kappa shape index (κ1) is 16.1. The molecule has 110 valence electrons. The zero-order valence-corrected chi connectivity index (χ0v) is 13.0. The third kappa shape index (κ3) is 3.78. The molecule has 4 atom stereocenters. The Bertz CT molecular complexity index is 373. The molecule has 1 rings (SSSR count). The lowest BCUT2D eigenvalue weighted by molar-refractivity contribution is -0.151. The van der Waals surface area contributed by atoms with Crippen molar-refractivity contribution in [1.82, 2.24) is 10.2 Å². The molecule has 0 aromatic carbocycles. The Kier molecular flexibility index (Phi) is 5.97. The number of hydrogen-bond donors (Lipinski definition) is 1. The Hall–Kier alpha value is -0.910. The lowest BCUT2D eigenvalue weighted by Crippen LogP contribution is -2.65. The molecule has 0 aromatic rings. The molecule has 0 spiro atoms. The topological polar surface area (TPSA) is 66.5 Å². The SMILES string of the molecule is CCCC1NC(=O)C(CC)N(C(C)CS(C)=O)C1=O. The summed E-state index contributed by atoms with van der Waals surface area (Å²) in [6.07, 6.45) is 3.70. The maximum Gasteiger partial charge on any atom is 0.246 e. The molecule has 4 unspecified atom stereocenters. The summed E-state index contributed by atoms with van der Waals surface area (Å²) in [4.78, 5) is 26.2. The average molecular weight is 288 g/mol. The minimum absolute atomic E-state index is 0.0359. The molecule has 0 bridgehead atoms. The zero-order chi connectivity index (χ0) is 14.6. The number of carbonyl (C=O) groups excluding carboxylic acids is 2. The monoisotopic (exact) mass is 288 g/mol. The number of amides is 2. The second-order valence-electron chi connectivity index (χ2n) is 5.11. The van der Waals surface area contributed by atoms with E-state index in [1.807, 2.05) is 20.8 Å². The Balaban J connectivity index is 2.94. The molecule has 2 amide bonds. The highest BCUT2D eigenvalue weighted by atomic mass is 32.2. The van der Waals surface area contributed by atoms with Crippen molar-refractivity contribution in [2.24, 2.45) is 0 Å². The highest BCUT2D eigenvalue weighted by Gasteiger charge is 2.41. The van der Waals surface area contributed by atoms with E-state index in [1.54, 1.807) is 11.2 Å². The van der Waals surface area contributed by atoms with Gasteiger partial charge in [0.05, 0.1) is 0 Å². The Morgan fingerprint density at radius 3 is 2.47 bits per heavy atom. The van der Waals surface area contributed by atoms with Gasteiger partial charge in [0, 0.05) is 28.9 Å². The van der Waals surface area contributed by atoms with Crippen molar-refractivity contribution in [3.05, 3.63) is 0 Å². The molecule has 5 nitrogen and oxygen atoms in total. The number of rotatable bonds is 6. The highest BCUT2D eigenvalue weighted by molar-refractivity contribution is 7.84.